The van der Waals surface area contributed by atoms with Gasteiger partial charge < -0.3 is 76.2 Å². The van der Waals surface area contributed by atoms with Gasteiger partial charge in [0.15, 0.2) is 0 Å². The molecule has 0 radical (unpaired) electrons. The fourth-order valence-electron chi connectivity index (χ4n) is 11.4. The average molecular weight is 1280 g/mol. The van der Waals surface area contributed by atoms with Gasteiger partial charge >= 0.3 is 12.1 Å². The minimum absolute atomic E-state index is 0.0249. The number of nitrogens with one attached hydrogen (secondary N) is 6. The summed E-state index contributed by atoms with van der Waals surface area (Å²) in [6.07, 6.45) is -0.266. The second kappa shape index (κ2) is 40.1. The molecule has 25 nitrogen and oxygen atoms in total. The molecule has 12 atom stereocenters. The van der Waals surface area contributed by atoms with Crippen molar-refractivity contribution in [1.82, 2.24) is 41.3 Å². The number of hydrogen-bond acceptors (Lipinski definition) is 15. The maximum absolute atomic E-state index is 14.8. The number of aliphatic hydroxyl groups is 1. The lowest BCUT2D eigenvalue weighted by Gasteiger charge is -2.41. The molecule has 0 spiro atoms. The molecule has 3 rings (SSSR count). The number of ether oxygens (including phenoxy) is 5. The number of benzene rings is 2. The first-order valence-corrected chi connectivity index (χ1v) is 32.2. The van der Waals surface area contributed by atoms with Crippen LogP contribution in [0.3, 0.4) is 0 Å². The van der Waals surface area contributed by atoms with Gasteiger partial charge in [0.05, 0.1) is 55.4 Å². The highest BCUT2D eigenvalue weighted by Gasteiger charge is 2.44. The number of likely N-dealkylation sites (tertiary alicyclic amines) is 1. The molecule has 0 saturated carbocycles. The molecule has 2 aromatic carbocycles. The quantitative estimate of drug-likeness (QED) is 0.0386. The van der Waals surface area contributed by atoms with Gasteiger partial charge in [-0.15, -0.1) is 0 Å². The Kier molecular flexibility index (Phi) is 34.5. The SMILES string of the molecule is CCOCCCOCCC(=O)N[C@H](C(=O)N[C@@H](CCCNC(N)=O)C(=O)Nc1ccc(COC(=O)N(C)[C@H](C(=O)N[C@H](C(=O)N(C)[C@@H]([C@@H](C)CC)[C@@H](CC(=O)N2CCC[C@H]2[C@H](OC)[C@@H](C)C(=O)N[C@H](C)[C@@H](O)c2ccccc2)OC)C(C)C)C(C)C)cc1)C(C)C. The first-order chi connectivity index (χ1) is 43.1. The molecule has 1 aliphatic heterocycles. The molecule has 10 amide bonds. The molecule has 1 saturated heterocycles. The Bertz CT molecular complexity index is 2600. The molecule has 0 aliphatic carbocycles. The van der Waals surface area contributed by atoms with E-state index in [1.165, 1.54) is 26.2 Å². The van der Waals surface area contributed by atoms with Gasteiger partial charge in [0.2, 0.25) is 41.4 Å². The molecular formula is C66H108N10O15. The van der Waals surface area contributed by atoms with Crippen molar-refractivity contribution in [1.29, 1.82) is 0 Å². The topological polar surface area (TPSA) is 328 Å². The van der Waals surface area contributed by atoms with Gasteiger partial charge in [0.25, 0.3) is 0 Å². The Morgan fingerprint density at radius 1 is 0.714 bits per heavy atom. The third kappa shape index (κ3) is 24.9. The van der Waals surface area contributed by atoms with Gasteiger partial charge in [0, 0.05) is 73.3 Å². The van der Waals surface area contributed by atoms with Crippen molar-refractivity contribution >= 4 is 59.2 Å². The van der Waals surface area contributed by atoms with E-state index in [1.54, 1.807) is 109 Å². The maximum atomic E-state index is 14.8. The molecule has 91 heavy (non-hydrogen) atoms. The summed E-state index contributed by atoms with van der Waals surface area (Å²) in [6.45, 7) is 22.1. The van der Waals surface area contributed by atoms with Gasteiger partial charge in [-0.1, -0.05) is 111 Å². The van der Waals surface area contributed by atoms with Crippen molar-refractivity contribution in [2.45, 2.75) is 195 Å². The Morgan fingerprint density at radius 3 is 1.95 bits per heavy atom. The highest BCUT2D eigenvalue weighted by molar-refractivity contribution is 5.98. The van der Waals surface area contributed by atoms with Crippen LogP contribution >= 0.6 is 0 Å². The van der Waals surface area contributed by atoms with E-state index in [1.807, 2.05) is 39.0 Å². The monoisotopic (exact) mass is 1280 g/mol. The third-order valence-electron chi connectivity index (χ3n) is 16.8. The van der Waals surface area contributed by atoms with Crippen LogP contribution in [0.1, 0.15) is 145 Å². The number of amides is 10. The van der Waals surface area contributed by atoms with Crippen LogP contribution in [0.5, 0.6) is 0 Å². The second-order valence-electron chi connectivity index (χ2n) is 24.7. The summed E-state index contributed by atoms with van der Waals surface area (Å²) in [6, 6.07) is 8.94. The predicted molar refractivity (Wildman–Crippen MR) is 346 cm³/mol. The molecule has 25 heteroatoms. The fraction of sp³-hybridized carbons (Fsp3) is 0.682. The molecule has 9 N–H and O–H groups in total. The molecule has 0 unspecified atom stereocenters. The molecule has 0 bridgehead atoms. The smallest absolute Gasteiger partial charge is 0.410 e. The van der Waals surface area contributed by atoms with Crippen molar-refractivity contribution in [3.05, 3.63) is 65.7 Å². The number of carbonyl (C=O) groups excluding carboxylic acids is 9. The number of anilines is 1. The summed E-state index contributed by atoms with van der Waals surface area (Å²) in [7, 11) is 6.10. The number of nitrogens with zero attached hydrogens (tertiary/aromatic N) is 3. The number of rotatable bonds is 40. The molecule has 1 heterocycles. The zero-order valence-corrected chi connectivity index (χ0v) is 56.5. The average Bonchev–Trinajstić information content (AvgIpc) is 2.24. The van der Waals surface area contributed by atoms with Gasteiger partial charge in [0.1, 0.15) is 30.8 Å². The van der Waals surface area contributed by atoms with Crippen LogP contribution < -0.4 is 37.6 Å². The van der Waals surface area contributed by atoms with Crippen LogP contribution in [0.2, 0.25) is 0 Å². The largest absolute Gasteiger partial charge is 0.445 e. The first-order valence-electron chi connectivity index (χ1n) is 32.2. The van der Waals surface area contributed by atoms with Crippen LogP contribution in [-0.4, -0.2) is 196 Å². The van der Waals surface area contributed by atoms with E-state index in [-0.39, 0.29) is 69.1 Å². The van der Waals surface area contributed by atoms with Crippen LogP contribution in [0.4, 0.5) is 15.3 Å². The predicted octanol–water partition coefficient (Wildman–Crippen LogP) is 5.42. The summed E-state index contributed by atoms with van der Waals surface area (Å²) in [5.41, 5.74) is 6.81. The van der Waals surface area contributed by atoms with E-state index in [0.717, 1.165) is 0 Å². The number of nitrogens with two attached hydrogens (primary N) is 1. The highest BCUT2D eigenvalue weighted by Crippen LogP contribution is 2.30. The lowest BCUT2D eigenvalue weighted by molar-refractivity contribution is -0.148. The van der Waals surface area contributed by atoms with Gasteiger partial charge in [-0.05, 0) is 92.9 Å². The number of carbonyl (C=O) groups is 9. The number of likely N-dealkylation sites (N-methyl/N-ethyl adjacent to an activating group) is 2. The lowest BCUT2D eigenvalue weighted by atomic mass is 9.89. The number of hydrogen-bond donors (Lipinski definition) is 8. The van der Waals surface area contributed by atoms with E-state index < -0.39 is 120 Å². The molecule has 1 fully saturated rings. The number of urea groups is 1. The van der Waals surface area contributed by atoms with Crippen molar-refractivity contribution in [2.75, 3.05) is 73.1 Å². The van der Waals surface area contributed by atoms with Crippen LogP contribution in [-0.2, 0) is 63.9 Å². The van der Waals surface area contributed by atoms with Crippen LogP contribution in [0.25, 0.3) is 0 Å². The van der Waals surface area contributed by atoms with Gasteiger partial charge in [-0.3, -0.25) is 38.5 Å². The molecule has 1 aliphatic rings. The standard InChI is InChI=1S/C66H108N10O15/c1-16-43(9)57(51(87-14)38-53(78)76-34-22-27-50(76)59(88-15)44(10)60(80)69-45(11)58(79)47-24-19-18-20-25-47)74(12)64(84)55(41(5)6)73-63(83)56(42(7)8)75(13)66(86)91-39-46-28-30-48(31-29-46)70-61(81)49(26-21-33-68-65(67)85)71-62(82)54(40(3)4)72-52(77)32-37-90-36-23-35-89-17-2/h18-20,24-25,28-31,40-45,49-51,54-59,79H,16-17,21-23,26-27,32-39H2,1-15H3,(H,69,80)(H,70,81)(H,71,82)(H,72,77)(H,73,83)(H3,67,68,85)/t43-,44+,45+,49-,50-,51+,54-,55-,56-,57-,58+,59+/m0/s1. The zero-order valence-electron chi connectivity index (χ0n) is 56.5. The number of primary amides is 1. The normalized spacial score (nSPS) is 16.8. The summed E-state index contributed by atoms with van der Waals surface area (Å²) >= 11 is 0. The Hall–Kier alpha value is -6.93. The lowest BCUT2D eigenvalue weighted by Crippen LogP contribution is -2.60. The number of methoxy groups -OCH3 is 2. The maximum Gasteiger partial charge on any atom is 0.410 e. The van der Waals surface area contributed by atoms with Gasteiger partial charge in [-0.2, -0.15) is 0 Å². The highest BCUT2D eigenvalue weighted by atomic mass is 16.6. The van der Waals surface area contributed by atoms with Crippen molar-refractivity contribution in [3.8, 4) is 0 Å². The third-order valence-corrected chi connectivity index (χ3v) is 16.8. The summed E-state index contributed by atoms with van der Waals surface area (Å²) in [5.74, 6) is -5.13. The number of aliphatic hydroxyl groups excluding tert-OH is 1. The van der Waals surface area contributed by atoms with Crippen LogP contribution in [0, 0.1) is 29.6 Å². The van der Waals surface area contributed by atoms with E-state index in [9.17, 15) is 48.3 Å². The van der Waals surface area contributed by atoms with E-state index in [4.69, 9.17) is 29.4 Å². The molecule has 512 valence electrons. The minimum atomic E-state index is -1.08. The Morgan fingerprint density at radius 2 is 1.36 bits per heavy atom. The summed E-state index contributed by atoms with van der Waals surface area (Å²) in [4.78, 5) is 127. The summed E-state index contributed by atoms with van der Waals surface area (Å²) in [5, 5.41) is 27.6. The second-order valence-corrected chi connectivity index (χ2v) is 24.7. The first kappa shape index (κ1) is 78.3. The van der Waals surface area contributed by atoms with Crippen molar-refractivity contribution in [3.63, 3.8) is 0 Å². The van der Waals surface area contributed by atoms with E-state index in [0.29, 0.717) is 68.9 Å². The van der Waals surface area contributed by atoms with Crippen molar-refractivity contribution < 1.29 is 71.9 Å². The van der Waals surface area contributed by atoms with E-state index in [2.05, 4.69) is 31.9 Å². The molecule has 2 aromatic rings. The molecule has 0 aromatic heterocycles. The zero-order chi connectivity index (χ0) is 68.1. The molecular weight excluding hydrogens is 1170 g/mol. The van der Waals surface area contributed by atoms with Crippen molar-refractivity contribution in [2.24, 2.45) is 35.3 Å². The van der Waals surface area contributed by atoms with E-state index >= 15 is 0 Å². The minimum Gasteiger partial charge on any atom is -0.445 e. The Balaban J connectivity index is 1.69. The summed E-state index contributed by atoms with van der Waals surface area (Å²) < 4.78 is 28.6. The van der Waals surface area contributed by atoms with Gasteiger partial charge in [-0.25, -0.2) is 9.59 Å². The van der Waals surface area contributed by atoms with Crippen LogP contribution in [0.15, 0.2) is 54.6 Å². The Labute approximate surface area is 539 Å². The fourth-order valence-corrected chi connectivity index (χ4v) is 11.4.